The Balaban J connectivity index is 2.62. The van der Waals surface area contributed by atoms with Crippen molar-refractivity contribution in [2.45, 2.75) is 18.6 Å². The first-order valence-corrected chi connectivity index (χ1v) is 5.02. The highest BCUT2D eigenvalue weighted by Gasteiger charge is 2.34. The molecular weight excluding hydrogens is 219 g/mol. The van der Waals surface area contributed by atoms with E-state index in [1.54, 1.807) is 0 Å². The number of aliphatic hydroxyl groups excluding tert-OH is 2. The van der Waals surface area contributed by atoms with Crippen LogP contribution >= 0.6 is 34.5 Å². The van der Waals surface area contributed by atoms with Crippen LogP contribution in [-0.2, 0) is 0 Å². The van der Waals surface area contributed by atoms with Gasteiger partial charge in [0.05, 0.1) is 12.2 Å². The molecule has 0 aliphatic heterocycles. The number of halogens is 2. The molecule has 2 nitrogen and oxygen atoms in total. The monoisotopic (exact) mass is 224 g/mol. The van der Waals surface area contributed by atoms with Crippen molar-refractivity contribution in [1.82, 2.24) is 0 Å². The molecule has 0 saturated carbocycles. The van der Waals surface area contributed by atoms with E-state index in [0.29, 0.717) is 26.2 Å². The lowest BCUT2D eigenvalue weighted by Crippen LogP contribution is -1.90. The average Bonchev–Trinajstić information content (AvgIpc) is 2.38. The molecule has 2 unspecified atom stereocenters. The largest absolute Gasteiger partial charge is 0.388 e. The highest BCUT2D eigenvalue weighted by atomic mass is 35.5. The van der Waals surface area contributed by atoms with Gasteiger partial charge >= 0.3 is 0 Å². The number of hydrogen-bond donors (Lipinski definition) is 2. The molecule has 0 aromatic carbocycles. The van der Waals surface area contributed by atoms with Gasteiger partial charge in [-0.25, -0.2) is 0 Å². The molecular formula is C7H6Cl2O2S. The molecule has 1 aliphatic carbocycles. The van der Waals surface area contributed by atoms with Crippen molar-refractivity contribution < 1.29 is 10.2 Å². The number of fused-ring (bicyclic) bond motifs is 1. The summed E-state index contributed by atoms with van der Waals surface area (Å²) in [5, 5.41) is 18.9. The molecule has 2 rings (SSSR count). The second-order valence-electron chi connectivity index (χ2n) is 2.74. The highest BCUT2D eigenvalue weighted by molar-refractivity contribution is 7.20. The van der Waals surface area contributed by atoms with E-state index in [2.05, 4.69) is 0 Å². The normalized spacial score (nSPS) is 27.7. The van der Waals surface area contributed by atoms with Crippen LogP contribution in [-0.4, -0.2) is 10.2 Å². The van der Waals surface area contributed by atoms with Crippen LogP contribution < -0.4 is 0 Å². The van der Waals surface area contributed by atoms with Crippen LogP contribution in [0.1, 0.15) is 29.8 Å². The molecule has 0 spiro atoms. The van der Waals surface area contributed by atoms with E-state index in [1.807, 2.05) is 0 Å². The van der Waals surface area contributed by atoms with Gasteiger partial charge in [0.25, 0.3) is 0 Å². The van der Waals surface area contributed by atoms with Crippen molar-refractivity contribution in [3.63, 3.8) is 0 Å². The summed E-state index contributed by atoms with van der Waals surface area (Å²) in [4.78, 5) is 0. The first-order valence-electron chi connectivity index (χ1n) is 3.45. The van der Waals surface area contributed by atoms with E-state index in [9.17, 15) is 10.2 Å². The lowest BCUT2D eigenvalue weighted by atomic mass is 10.2. The summed E-state index contributed by atoms with van der Waals surface area (Å²) >= 11 is 12.8. The van der Waals surface area contributed by atoms with E-state index >= 15 is 0 Å². The maximum Gasteiger partial charge on any atom is 0.101 e. The van der Waals surface area contributed by atoms with Gasteiger partial charge in [0, 0.05) is 17.5 Å². The van der Waals surface area contributed by atoms with Gasteiger partial charge in [-0.15, -0.1) is 11.3 Å². The molecule has 2 N–H and O–H groups in total. The Labute approximate surface area is 83.4 Å². The Kier molecular flexibility index (Phi) is 2.09. The van der Waals surface area contributed by atoms with Crippen molar-refractivity contribution in [3.05, 3.63) is 19.8 Å². The zero-order chi connectivity index (χ0) is 8.88. The van der Waals surface area contributed by atoms with Gasteiger partial charge in [0.15, 0.2) is 0 Å². The lowest BCUT2D eigenvalue weighted by Gasteiger charge is -2.00. The Hall–Kier alpha value is 0.200. The van der Waals surface area contributed by atoms with E-state index < -0.39 is 12.2 Å². The third kappa shape index (κ3) is 1.09. The zero-order valence-corrected chi connectivity index (χ0v) is 8.25. The molecule has 5 heteroatoms. The molecule has 12 heavy (non-hydrogen) atoms. The van der Waals surface area contributed by atoms with E-state index in [1.165, 1.54) is 11.3 Å². The van der Waals surface area contributed by atoms with Gasteiger partial charge in [-0.1, -0.05) is 23.2 Å². The molecule has 0 fully saturated rings. The Morgan fingerprint density at radius 3 is 1.92 bits per heavy atom. The number of thiophene rings is 1. The summed E-state index contributed by atoms with van der Waals surface area (Å²) in [6, 6.07) is 0. The topological polar surface area (TPSA) is 40.5 Å². The highest BCUT2D eigenvalue weighted by Crippen LogP contribution is 2.50. The van der Waals surface area contributed by atoms with E-state index in [0.717, 1.165) is 0 Å². The van der Waals surface area contributed by atoms with Crippen molar-refractivity contribution >= 4 is 34.5 Å². The minimum atomic E-state index is -0.661. The van der Waals surface area contributed by atoms with Crippen LogP contribution in [0, 0.1) is 0 Å². The van der Waals surface area contributed by atoms with Crippen molar-refractivity contribution in [3.8, 4) is 0 Å². The Morgan fingerprint density at radius 1 is 1.08 bits per heavy atom. The predicted octanol–water partition coefficient (Wildman–Crippen LogP) is 2.53. The fourth-order valence-electron chi connectivity index (χ4n) is 1.47. The second kappa shape index (κ2) is 2.86. The fourth-order valence-corrected chi connectivity index (χ4v) is 3.37. The Morgan fingerprint density at radius 2 is 1.50 bits per heavy atom. The Bertz CT molecular complexity index is 295. The smallest absolute Gasteiger partial charge is 0.101 e. The summed E-state index contributed by atoms with van der Waals surface area (Å²) in [5.74, 6) is 0. The third-order valence-corrected chi connectivity index (χ3v) is 3.67. The summed E-state index contributed by atoms with van der Waals surface area (Å²) in [7, 11) is 0. The fraction of sp³-hybridized carbons (Fsp3) is 0.429. The van der Waals surface area contributed by atoms with Crippen LogP contribution in [0.5, 0.6) is 0 Å². The van der Waals surface area contributed by atoms with Gasteiger partial charge in [0.1, 0.15) is 8.67 Å². The maximum absolute atomic E-state index is 9.45. The van der Waals surface area contributed by atoms with Gasteiger partial charge in [0.2, 0.25) is 0 Å². The molecule has 1 aromatic heterocycles. The number of hydrogen-bond acceptors (Lipinski definition) is 3. The molecule has 0 amide bonds. The van der Waals surface area contributed by atoms with E-state index in [-0.39, 0.29) is 0 Å². The lowest BCUT2D eigenvalue weighted by molar-refractivity contribution is 0.107. The molecule has 66 valence electrons. The first-order chi connectivity index (χ1) is 5.61. The minimum absolute atomic E-state index is 0.303. The summed E-state index contributed by atoms with van der Waals surface area (Å²) < 4.78 is 0.970. The number of rotatable bonds is 0. The summed E-state index contributed by atoms with van der Waals surface area (Å²) in [6.45, 7) is 0. The maximum atomic E-state index is 9.45. The van der Waals surface area contributed by atoms with Crippen LogP contribution in [0.15, 0.2) is 0 Å². The molecule has 1 aliphatic rings. The molecule has 1 heterocycles. The standard InChI is InChI=1S/C7H6Cl2O2S/c8-6-4-2(10)1-3(11)5(4)7(9)12-6/h2-3,10-11H,1H2. The van der Waals surface area contributed by atoms with Crippen LogP contribution in [0.2, 0.25) is 8.67 Å². The first kappa shape index (κ1) is 8.78. The molecule has 2 atom stereocenters. The number of aliphatic hydroxyl groups is 2. The van der Waals surface area contributed by atoms with Crippen LogP contribution in [0.3, 0.4) is 0 Å². The molecule has 0 radical (unpaired) electrons. The van der Waals surface area contributed by atoms with Gasteiger partial charge < -0.3 is 10.2 Å². The van der Waals surface area contributed by atoms with Crippen LogP contribution in [0.4, 0.5) is 0 Å². The second-order valence-corrected chi connectivity index (χ2v) is 4.97. The molecule has 1 aromatic rings. The summed E-state index contributed by atoms with van der Waals surface area (Å²) in [5.41, 5.74) is 1.22. The molecule has 0 bridgehead atoms. The minimum Gasteiger partial charge on any atom is -0.388 e. The quantitative estimate of drug-likeness (QED) is 0.712. The van der Waals surface area contributed by atoms with Gasteiger partial charge in [-0.05, 0) is 0 Å². The SMILES string of the molecule is OC1CC(O)c2c(Cl)sc(Cl)c21. The zero-order valence-electron chi connectivity index (χ0n) is 5.92. The molecule has 0 saturated heterocycles. The van der Waals surface area contributed by atoms with Crippen molar-refractivity contribution in [2.24, 2.45) is 0 Å². The van der Waals surface area contributed by atoms with Crippen molar-refractivity contribution in [2.75, 3.05) is 0 Å². The average molecular weight is 225 g/mol. The van der Waals surface area contributed by atoms with Crippen LogP contribution in [0.25, 0.3) is 0 Å². The van der Waals surface area contributed by atoms with Gasteiger partial charge in [-0.2, -0.15) is 0 Å². The van der Waals surface area contributed by atoms with Crippen molar-refractivity contribution in [1.29, 1.82) is 0 Å². The predicted molar refractivity (Wildman–Crippen MR) is 48.9 cm³/mol. The third-order valence-electron chi connectivity index (χ3n) is 2.01. The van der Waals surface area contributed by atoms with E-state index in [4.69, 9.17) is 23.2 Å². The summed E-state index contributed by atoms with van der Waals surface area (Å²) in [6.07, 6.45) is -1.02. The van der Waals surface area contributed by atoms with Gasteiger partial charge in [-0.3, -0.25) is 0 Å².